The molecule has 0 aliphatic carbocycles. The first-order valence-electron chi connectivity index (χ1n) is 7.15. The molecule has 1 aliphatic heterocycles. The van der Waals surface area contributed by atoms with Crippen molar-refractivity contribution in [3.8, 4) is 0 Å². The van der Waals surface area contributed by atoms with E-state index in [2.05, 4.69) is 5.32 Å². The number of amides is 1. The van der Waals surface area contributed by atoms with Crippen LogP contribution in [0.5, 0.6) is 0 Å². The van der Waals surface area contributed by atoms with Crippen LogP contribution in [0.2, 0.25) is 0 Å². The maximum atomic E-state index is 12.3. The summed E-state index contributed by atoms with van der Waals surface area (Å²) >= 11 is 2.67. The first-order valence-corrected chi connectivity index (χ1v) is 9.12. The van der Waals surface area contributed by atoms with Gasteiger partial charge in [-0.3, -0.25) is 19.7 Å². The molecule has 1 heterocycles. The summed E-state index contributed by atoms with van der Waals surface area (Å²) in [5.41, 5.74) is 0.745. The molecule has 0 saturated carbocycles. The van der Waals surface area contributed by atoms with E-state index < -0.39 is 11.0 Å². The average molecular weight is 368 g/mol. The lowest BCUT2D eigenvalue weighted by Crippen LogP contribution is -2.40. The Kier molecular flexibility index (Phi) is 6.83. The number of carbonyl (C=O) groups excluding carboxylic acids is 2. The summed E-state index contributed by atoms with van der Waals surface area (Å²) < 4.78 is 0. The van der Waals surface area contributed by atoms with Gasteiger partial charge in [-0.1, -0.05) is 12.1 Å². The van der Waals surface area contributed by atoms with Crippen molar-refractivity contribution in [3.05, 3.63) is 49.8 Å². The Morgan fingerprint density at radius 3 is 2.58 bits per heavy atom. The Bertz CT molecular complexity index is 660. The summed E-state index contributed by atoms with van der Waals surface area (Å²) in [5, 5.41) is 22.8. The number of hydrogen-bond donors (Lipinski definition) is 2. The second kappa shape index (κ2) is 8.86. The molecule has 24 heavy (non-hydrogen) atoms. The predicted molar refractivity (Wildman–Crippen MR) is 93.8 cm³/mol. The van der Waals surface area contributed by atoms with Gasteiger partial charge in [-0.25, -0.2) is 0 Å². The zero-order valence-electron chi connectivity index (χ0n) is 12.6. The molecule has 2 rings (SSSR count). The summed E-state index contributed by atoms with van der Waals surface area (Å²) in [6, 6.07) is 5.41. The maximum Gasteiger partial charge on any atom is 0.269 e. The van der Waals surface area contributed by atoms with Gasteiger partial charge < -0.3 is 10.4 Å². The number of nitrogens with one attached hydrogen (secondary N) is 1. The zero-order chi connectivity index (χ0) is 17.5. The molecular formula is C15H16N2O5S2. The van der Waals surface area contributed by atoms with E-state index >= 15 is 0 Å². The largest absolute Gasteiger partial charge is 0.394 e. The smallest absolute Gasteiger partial charge is 0.269 e. The minimum Gasteiger partial charge on any atom is -0.394 e. The summed E-state index contributed by atoms with van der Waals surface area (Å²) in [4.78, 5) is 34.3. The molecule has 1 aliphatic rings. The van der Waals surface area contributed by atoms with E-state index in [0.717, 1.165) is 17.1 Å². The number of nitro groups is 1. The van der Waals surface area contributed by atoms with Gasteiger partial charge in [0.1, 0.15) is 0 Å². The Morgan fingerprint density at radius 1 is 1.33 bits per heavy atom. The van der Waals surface area contributed by atoms with Crippen molar-refractivity contribution < 1.29 is 19.6 Å². The minimum absolute atomic E-state index is 0.0141. The van der Waals surface area contributed by atoms with Crippen LogP contribution in [0.3, 0.4) is 0 Å². The van der Waals surface area contributed by atoms with E-state index in [4.69, 9.17) is 0 Å². The molecule has 0 bridgehead atoms. The highest BCUT2D eigenvalue weighted by molar-refractivity contribution is 8.11. The fourth-order valence-electron chi connectivity index (χ4n) is 2.15. The number of nitrogens with zero attached hydrogens (tertiary/aromatic N) is 1. The molecule has 1 unspecified atom stereocenters. The quantitative estimate of drug-likeness (QED) is 0.426. The first-order chi connectivity index (χ1) is 11.5. The fraction of sp³-hybridized carbons (Fsp3) is 0.333. The third kappa shape index (κ3) is 4.83. The van der Waals surface area contributed by atoms with E-state index in [9.17, 15) is 24.8 Å². The number of benzene rings is 1. The number of aldehydes is 1. The van der Waals surface area contributed by atoms with Gasteiger partial charge in [0.25, 0.3) is 11.6 Å². The molecule has 1 aromatic rings. The minimum atomic E-state index is -0.535. The highest BCUT2D eigenvalue weighted by Gasteiger charge is 2.22. The first kappa shape index (κ1) is 18.5. The number of nitro benzene ring substituents is 1. The van der Waals surface area contributed by atoms with E-state index in [1.807, 2.05) is 0 Å². The SMILES string of the molecule is O=CC1=C(C(=O)NC(CO)Cc2ccc([N+](=O)[O-])cc2)SCCS1. The molecule has 2 N–H and O–H groups in total. The summed E-state index contributed by atoms with van der Waals surface area (Å²) in [6.45, 7) is -0.274. The van der Waals surface area contributed by atoms with Crippen LogP contribution < -0.4 is 5.32 Å². The van der Waals surface area contributed by atoms with Crippen molar-refractivity contribution in [2.75, 3.05) is 18.1 Å². The zero-order valence-corrected chi connectivity index (χ0v) is 14.3. The van der Waals surface area contributed by atoms with E-state index in [1.54, 1.807) is 12.1 Å². The van der Waals surface area contributed by atoms with Gasteiger partial charge in [0.05, 0.1) is 27.4 Å². The van der Waals surface area contributed by atoms with Gasteiger partial charge in [0.15, 0.2) is 6.29 Å². The molecular weight excluding hydrogens is 352 g/mol. The second-order valence-corrected chi connectivity index (χ2v) is 7.23. The Balaban J connectivity index is 2.03. The molecule has 9 heteroatoms. The third-order valence-electron chi connectivity index (χ3n) is 3.31. The van der Waals surface area contributed by atoms with Crippen LogP contribution in [0.4, 0.5) is 5.69 Å². The number of rotatable bonds is 7. The Labute approximate surface area is 147 Å². The Hall–Kier alpha value is -1.84. The number of allylic oxidation sites excluding steroid dienone is 1. The maximum absolute atomic E-state index is 12.3. The third-order valence-corrected chi connectivity index (χ3v) is 5.82. The van der Waals surface area contributed by atoms with E-state index in [1.165, 1.54) is 35.7 Å². The van der Waals surface area contributed by atoms with Gasteiger partial charge in [-0.2, -0.15) is 0 Å². The molecule has 0 saturated heterocycles. The lowest BCUT2D eigenvalue weighted by Gasteiger charge is -2.20. The molecule has 1 amide bonds. The van der Waals surface area contributed by atoms with Crippen molar-refractivity contribution >= 4 is 41.4 Å². The van der Waals surface area contributed by atoms with Crippen molar-refractivity contribution in [2.24, 2.45) is 0 Å². The number of aliphatic hydroxyl groups excluding tert-OH is 1. The van der Waals surface area contributed by atoms with Crippen LogP contribution in [0.15, 0.2) is 34.1 Å². The van der Waals surface area contributed by atoms with Gasteiger partial charge in [-0.15, -0.1) is 23.5 Å². The number of carbonyl (C=O) groups is 2. The van der Waals surface area contributed by atoms with Crippen molar-refractivity contribution in [1.29, 1.82) is 0 Å². The van der Waals surface area contributed by atoms with E-state index in [0.29, 0.717) is 22.5 Å². The topological polar surface area (TPSA) is 110 Å². The van der Waals surface area contributed by atoms with Gasteiger partial charge in [0.2, 0.25) is 0 Å². The van der Waals surface area contributed by atoms with Crippen LogP contribution in [-0.2, 0) is 16.0 Å². The van der Waals surface area contributed by atoms with E-state index in [-0.39, 0.29) is 18.2 Å². The molecule has 1 aromatic carbocycles. The van der Waals surface area contributed by atoms with Crippen molar-refractivity contribution in [2.45, 2.75) is 12.5 Å². The molecule has 0 fully saturated rings. The lowest BCUT2D eigenvalue weighted by atomic mass is 10.1. The van der Waals surface area contributed by atoms with Crippen LogP contribution in [-0.4, -0.2) is 46.4 Å². The second-order valence-electron chi connectivity index (χ2n) is 4.99. The number of non-ortho nitro benzene ring substituents is 1. The van der Waals surface area contributed by atoms with Crippen molar-refractivity contribution in [1.82, 2.24) is 5.32 Å². The van der Waals surface area contributed by atoms with Crippen LogP contribution in [0.1, 0.15) is 5.56 Å². The summed E-state index contributed by atoms with van der Waals surface area (Å²) in [7, 11) is 0. The highest BCUT2D eigenvalue weighted by Crippen LogP contribution is 2.32. The van der Waals surface area contributed by atoms with Crippen LogP contribution in [0, 0.1) is 10.1 Å². The fourth-order valence-corrected chi connectivity index (χ4v) is 4.26. The predicted octanol–water partition coefficient (Wildman–Crippen LogP) is 1.50. The summed E-state index contributed by atoms with van der Waals surface area (Å²) in [5.74, 6) is 1.15. The van der Waals surface area contributed by atoms with Crippen LogP contribution >= 0.6 is 23.5 Å². The monoisotopic (exact) mass is 368 g/mol. The normalized spacial score (nSPS) is 15.7. The molecule has 0 radical (unpaired) electrons. The molecule has 0 aromatic heterocycles. The van der Waals surface area contributed by atoms with Gasteiger partial charge in [-0.05, 0) is 12.0 Å². The van der Waals surface area contributed by atoms with Crippen LogP contribution in [0.25, 0.3) is 0 Å². The number of aliphatic hydroxyl groups is 1. The standard InChI is InChI=1S/C15H16N2O5S2/c18-8-11(7-10-1-3-12(4-2-10)17(21)22)16-15(20)14-13(9-19)23-5-6-24-14/h1-4,9,11,18H,5-8H2,(H,16,20). The summed E-state index contributed by atoms with van der Waals surface area (Å²) in [6.07, 6.45) is 1.01. The molecule has 7 nitrogen and oxygen atoms in total. The molecule has 0 spiro atoms. The average Bonchev–Trinajstić information content (AvgIpc) is 2.61. The van der Waals surface area contributed by atoms with Gasteiger partial charge >= 0.3 is 0 Å². The highest BCUT2D eigenvalue weighted by atomic mass is 32.2. The lowest BCUT2D eigenvalue weighted by molar-refractivity contribution is -0.384. The number of thioether (sulfide) groups is 2. The van der Waals surface area contributed by atoms with Gasteiger partial charge in [0, 0.05) is 23.6 Å². The van der Waals surface area contributed by atoms with Crippen molar-refractivity contribution in [3.63, 3.8) is 0 Å². The molecule has 1 atom stereocenters. The molecule has 128 valence electrons. The Morgan fingerprint density at radius 2 is 2.00 bits per heavy atom. The number of hydrogen-bond acceptors (Lipinski definition) is 7.